The molecular formula is C25H25N3O10S. The SMILES string of the molecule is CC(=O)OC[C@H]1O[C@@H](n2c(-c3ccccc3)c(C#N)c(=O)[nH]c2=S)[C@H](OC(C)=O)[C@@H](OC(C)=O)[C@H]1OC(C)=O. The summed E-state index contributed by atoms with van der Waals surface area (Å²) in [5, 5.41) is 9.87. The normalized spacial score (nSPS) is 22.2. The Balaban J connectivity index is 2.35. The lowest BCUT2D eigenvalue weighted by atomic mass is 9.96. The van der Waals surface area contributed by atoms with Crippen molar-refractivity contribution in [1.82, 2.24) is 9.55 Å². The fourth-order valence-corrected chi connectivity index (χ4v) is 4.48. The molecule has 1 saturated heterocycles. The van der Waals surface area contributed by atoms with Crippen LogP contribution in [0.15, 0.2) is 35.1 Å². The van der Waals surface area contributed by atoms with Crippen molar-refractivity contribution in [2.24, 2.45) is 0 Å². The quantitative estimate of drug-likeness (QED) is 0.296. The number of hydrogen-bond acceptors (Lipinski definition) is 12. The summed E-state index contributed by atoms with van der Waals surface area (Å²) >= 11 is 5.45. The minimum atomic E-state index is -1.50. The molecule has 0 radical (unpaired) electrons. The molecule has 3 rings (SSSR count). The van der Waals surface area contributed by atoms with Gasteiger partial charge in [0.25, 0.3) is 5.56 Å². The van der Waals surface area contributed by atoms with E-state index in [1.807, 2.05) is 6.07 Å². The first-order valence-corrected chi connectivity index (χ1v) is 12.0. The largest absolute Gasteiger partial charge is 0.463 e. The molecule has 0 spiro atoms. The second-order valence-corrected chi connectivity index (χ2v) is 8.81. The zero-order chi connectivity index (χ0) is 28.9. The first-order valence-electron chi connectivity index (χ1n) is 11.6. The molecule has 0 aliphatic carbocycles. The zero-order valence-electron chi connectivity index (χ0n) is 21.4. The lowest BCUT2D eigenvalue weighted by Gasteiger charge is -2.45. The van der Waals surface area contributed by atoms with Crippen LogP contribution >= 0.6 is 12.2 Å². The molecule has 206 valence electrons. The summed E-state index contributed by atoms with van der Waals surface area (Å²) < 4.78 is 28.7. The lowest BCUT2D eigenvalue weighted by molar-refractivity contribution is -0.268. The van der Waals surface area contributed by atoms with Crippen molar-refractivity contribution in [1.29, 1.82) is 5.26 Å². The molecule has 1 aliphatic heterocycles. The fraction of sp³-hybridized carbons (Fsp3) is 0.400. The standard InChI is InChI=1S/C25H25N3O10S/c1-12(29)34-11-18-20(35-13(2)30)21(36-14(3)31)22(37-15(4)32)24(38-18)28-19(16-8-6-5-7-9-16)17(10-26)23(33)27-25(28)39/h5-9,18,20-22,24H,11H2,1-4H3,(H,27,33,39)/t18-,20+,21+,22-,24-/m1/s1. The predicted molar refractivity (Wildman–Crippen MR) is 133 cm³/mol. The van der Waals surface area contributed by atoms with Crippen molar-refractivity contribution in [2.75, 3.05) is 6.61 Å². The molecule has 2 aromatic rings. The third kappa shape index (κ3) is 6.75. The van der Waals surface area contributed by atoms with Gasteiger partial charge in [-0.2, -0.15) is 5.26 Å². The number of H-pyrrole nitrogens is 1. The van der Waals surface area contributed by atoms with Crippen molar-refractivity contribution in [3.63, 3.8) is 0 Å². The lowest BCUT2D eigenvalue weighted by Crippen LogP contribution is -2.60. The van der Waals surface area contributed by atoms with E-state index in [1.54, 1.807) is 30.3 Å². The van der Waals surface area contributed by atoms with Crippen molar-refractivity contribution in [2.45, 2.75) is 58.3 Å². The molecular weight excluding hydrogens is 534 g/mol. The van der Waals surface area contributed by atoms with E-state index in [0.717, 1.165) is 27.7 Å². The maximum absolute atomic E-state index is 12.7. The highest BCUT2D eigenvalue weighted by atomic mass is 32.1. The Labute approximate surface area is 227 Å². The van der Waals surface area contributed by atoms with E-state index >= 15 is 0 Å². The Morgan fingerprint density at radius 2 is 1.51 bits per heavy atom. The topological polar surface area (TPSA) is 176 Å². The van der Waals surface area contributed by atoms with Gasteiger partial charge in [-0.15, -0.1) is 0 Å². The number of rotatable bonds is 7. The maximum Gasteiger partial charge on any atom is 0.303 e. The maximum atomic E-state index is 12.7. The summed E-state index contributed by atoms with van der Waals surface area (Å²) in [6, 6.07) is 10.1. The van der Waals surface area contributed by atoms with E-state index in [0.29, 0.717) is 5.56 Å². The number of hydrogen-bond donors (Lipinski definition) is 1. The van der Waals surface area contributed by atoms with Crippen LogP contribution < -0.4 is 5.56 Å². The minimum Gasteiger partial charge on any atom is -0.463 e. The number of carbonyl (C=O) groups is 4. The average Bonchev–Trinajstić information content (AvgIpc) is 2.85. The van der Waals surface area contributed by atoms with Crippen LogP contribution in [0.25, 0.3) is 11.3 Å². The Morgan fingerprint density at radius 1 is 0.949 bits per heavy atom. The van der Waals surface area contributed by atoms with Gasteiger partial charge in [-0.3, -0.25) is 33.5 Å². The second-order valence-electron chi connectivity index (χ2n) is 8.42. The summed E-state index contributed by atoms with van der Waals surface area (Å²) in [4.78, 5) is 63.1. The third-order valence-electron chi connectivity index (χ3n) is 5.52. The molecule has 5 atom stereocenters. The van der Waals surface area contributed by atoms with E-state index in [-0.39, 0.29) is 16.0 Å². The van der Waals surface area contributed by atoms with E-state index in [2.05, 4.69) is 4.98 Å². The Bertz CT molecular complexity index is 1430. The van der Waals surface area contributed by atoms with E-state index < -0.39 is 66.7 Å². The van der Waals surface area contributed by atoms with E-state index in [4.69, 9.17) is 35.9 Å². The highest BCUT2D eigenvalue weighted by molar-refractivity contribution is 7.71. The summed E-state index contributed by atoms with van der Waals surface area (Å²) in [5.41, 5.74) is -0.697. The number of aromatic nitrogens is 2. The fourth-order valence-electron chi connectivity index (χ4n) is 4.19. The second kappa shape index (κ2) is 12.5. The molecule has 39 heavy (non-hydrogen) atoms. The van der Waals surface area contributed by atoms with Gasteiger partial charge in [0.1, 0.15) is 24.3 Å². The number of nitrogens with one attached hydrogen (secondary N) is 1. The number of ether oxygens (including phenoxy) is 5. The Kier molecular flexibility index (Phi) is 9.33. The van der Waals surface area contributed by atoms with Gasteiger partial charge < -0.3 is 23.7 Å². The summed E-state index contributed by atoms with van der Waals surface area (Å²) in [6.45, 7) is 3.98. The molecule has 13 nitrogen and oxygen atoms in total. The molecule has 0 saturated carbocycles. The molecule has 1 aromatic carbocycles. The smallest absolute Gasteiger partial charge is 0.303 e. The first kappa shape index (κ1) is 29.2. The van der Waals surface area contributed by atoms with Crippen LogP contribution in [0, 0.1) is 16.1 Å². The van der Waals surface area contributed by atoms with Crippen LogP contribution in [0.1, 0.15) is 39.5 Å². The van der Waals surface area contributed by atoms with Crippen LogP contribution in [0.3, 0.4) is 0 Å². The molecule has 1 fully saturated rings. The number of aromatic amines is 1. The van der Waals surface area contributed by atoms with Crippen molar-refractivity contribution in [3.8, 4) is 17.3 Å². The average molecular weight is 560 g/mol. The monoisotopic (exact) mass is 559 g/mol. The number of nitriles is 1. The third-order valence-corrected chi connectivity index (χ3v) is 5.82. The Morgan fingerprint density at radius 3 is 2.05 bits per heavy atom. The van der Waals surface area contributed by atoms with Crippen LogP contribution in [0.5, 0.6) is 0 Å². The molecule has 2 heterocycles. The van der Waals surface area contributed by atoms with Gasteiger partial charge in [0.15, 0.2) is 29.3 Å². The highest BCUT2D eigenvalue weighted by Gasteiger charge is 2.53. The summed E-state index contributed by atoms with van der Waals surface area (Å²) in [5.74, 6) is -3.10. The molecule has 1 aromatic heterocycles. The van der Waals surface area contributed by atoms with Crippen LogP contribution in [0.2, 0.25) is 0 Å². The molecule has 0 amide bonds. The number of benzene rings is 1. The van der Waals surface area contributed by atoms with Gasteiger partial charge in [0.2, 0.25) is 0 Å². The highest BCUT2D eigenvalue weighted by Crippen LogP contribution is 2.37. The van der Waals surface area contributed by atoms with E-state index in [1.165, 1.54) is 4.57 Å². The first-order chi connectivity index (χ1) is 18.4. The van der Waals surface area contributed by atoms with Gasteiger partial charge in [-0.25, -0.2) is 0 Å². The predicted octanol–water partition coefficient (Wildman–Crippen LogP) is 1.70. The summed E-state index contributed by atoms with van der Waals surface area (Å²) in [7, 11) is 0. The van der Waals surface area contributed by atoms with Crippen LogP contribution in [0.4, 0.5) is 0 Å². The van der Waals surface area contributed by atoms with Crippen molar-refractivity contribution in [3.05, 3.63) is 51.0 Å². The van der Waals surface area contributed by atoms with E-state index in [9.17, 15) is 29.2 Å². The molecule has 0 unspecified atom stereocenters. The van der Waals surface area contributed by atoms with Crippen molar-refractivity contribution < 1.29 is 42.9 Å². The molecule has 1 aliphatic rings. The van der Waals surface area contributed by atoms with Gasteiger partial charge in [-0.1, -0.05) is 30.3 Å². The van der Waals surface area contributed by atoms with Gasteiger partial charge in [0.05, 0.1) is 5.69 Å². The Hall–Kier alpha value is -4.35. The number of carbonyl (C=O) groups excluding carboxylic acids is 4. The molecule has 14 heteroatoms. The van der Waals surface area contributed by atoms with Crippen molar-refractivity contribution >= 4 is 36.1 Å². The van der Waals surface area contributed by atoms with Crippen LogP contribution in [-0.2, 0) is 42.9 Å². The zero-order valence-corrected chi connectivity index (χ0v) is 22.2. The molecule has 0 bridgehead atoms. The number of esters is 4. The number of nitrogens with zero attached hydrogens (tertiary/aromatic N) is 2. The molecule has 1 N–H and O–H groups in total. The minimum absolute atomic E-state index is 0.0211. The van der Waals surface area contributed by atoms with Gasteiger partial charge in [-0.05, 0) is 17.8 Å². The van der Waals surface area contributed by atoms with Gasteiger partial charge in [0, 0.05) is 27.7 Å². The van der Waals surface area contributed by atoms with Crippen LogP contribution in [-0.4, -0.2) is 64.5 Å². The van der Waals surface area contributed by atoms with Gasteiger partial charge >= 0.3 is 23.9 Å². The summed E-state index contributed by atoms with van der Waals surface area (Å²) in [6.07, 6.45) is -7.09.